The molecule has 0 aliphatic rings. The second-order valence-electron chi connectivity index (χ2n) is 6.88. The van der Waals surface area contributed by atoms with Crippen LogP contribution in [0.5, 0.6) is 0 Å². The van der Waals surface area contributed by atoms with E-state index in [0.717, 1.165) is 6.07 Å². The number of aromatic nitrogens is 1. The Hall–Kier alpha value is 0.783. The predicted octanol–water partition coefficient (Wildman–Crippen LogP) is 8.22. The summed E-state index contributed by atoms with van der Waals surface area (Å²) in [6.45, 7) is 20.8. The van der Waals surface area contributed by atoms with E-state index in [1.807, 2.05) is 0 Å². The Balaban J connectivity index is -0.000000164. The second-order valence-corrected chi connectivity index (χ2v) is 17.7. The molecule has 0 N–H and O–H groups in total. The molecule has 1 aromatic heterocycles. The molecule has 0 spiro atoms. The molecule has 0 aromatic carbocycles. The topological polar surface area (TPSA) is 12.9 Å². The van der Waals surface area contributed by atoms with Crippen LogP contribution < -0.4 is 0 Å². The van der Waals surface area contributed by atoms with Crippen molar-refractivity contribution in [2.45, 2.75) is 62.3 Å². The van der Waals surface area contributed by atoms with Crippen molar-refractivity contribution in [3.8, 4) is 0 Å². The molecule has 0 saturated carbocycles. The zero-order valence-corrected chi connectivity index (χ0v) is 26.3. The summed E-state index contributed by atoms with van der Waals surface area (Å²) in [4.78, 5) is 2.26. The van der Waals surface area contributed by atoms with Gasteiger partial charge in [0.15, 0.2) is 0 Å². The number of rotatable bonds is 9. The molecule has 0 aliphatic heterocycles. The molecule has 0 atom stereocenters. The van der Waals surface area contributed by atoms with Gasteiger partial charge in [0.05, 0.1) is 67.1 Å². The van der Waals surface area contributed by atoms with Crippen LogP contribution in [0.25, 0.3) is 0 Å². The molecule has 0 unspecified atom stereocenters. The average molecular weight is 610 g/mol. The summed E-state index contributed by atoms with van der Waals surface area (Å²) in [6, 6.07) is 1.16. The molecule has 32 heavy (non-hydrogen) atoms. The number of nitrogens with zero attached hydrogens (tertiary/aromatic N) is 1. The second kappa shape index (κ2) is 28.0. The molecule has 0 aliphatic carbocycles. The zero-order chi connectivity index (χ0) is 24.8. The van der Waals surface area contributed by atoms with Gasteiger partial charge in [-0.05, 0) is 86.1 Å². The maximum atomic E-state index is 11.9. The first-order valence-corrected chi connectivity index (χ1v) is 18.1. The fourth-order valence-electron chi connectivity index (χ4n) is 2.63. The smallest absolute Gasteiger partial charge is 0.133 e. The Morgan fingerprint density at radius 1 is 0.500 bits per heavy atom. The Kier molecular flexibility index (Phi) is 35.0. The molecule has 1 aromatic rings. The number of hydrogen-bond donors (Lipinski definition) is 0. The summed E-state index contributed by atoms with van der Waals surface area (Å²) in [5.41, 5.74) is 0. The van der Waals surface area contributed by atoms with Gasteiger partial charge in [-0.15, -0.1) is 0 Å². The first-order valence-electron chi connectivity index (χ1n) is 11.7. The van der Waals surface area contributed by atoms with Gasteiger partial charge in [0.2, 0.25) is 0 Å². The van der Waals surface area contributed by atoms with Gasteiger partial charge in [-0.3, -0.25) is 8.78 Å². The first kappa shape index (κ1) is 40.0. The normalized spacial score (nSPS) is 9.88. The quantitative estimate of drug-likeness (QED) is 0.0903. The standard InChI is InChI=1S/3C6H15P.C5F4N.Rh/c3*1-4-7(5-2)6-3;6-2-1-3(7)5(9)10-4(2)8;/h3*4-6H2,1-3H3;;/q;;;-1;/p+3. The molecule has 9 heteroatoms. The van der Waals surface area contributed by atoms with Gasteiger partial charge >= 0.3 is 0 Å². The van der Waals surface area contributed by atoms with Crippen LogP contribution in [0.2, 0.25) is 0 Å². The molecular weight excluding hydrogens is 562 g/mol. The van der Waals surface area contributed by atoms with Gasteiger partial charge in [0.1, 0.15) is 11.9 Å². The van der Waals surface area contributed by atoms with E-state index in [1.54, 1.807) is 0 Å². The zero-order valence-electron chi connectivity index (χ0n) is 21.7. The fraction of sp³-hybridized carbons (Fsp3) is 0.783. The summed E-state index contributed by atoms with van der Waals surface area (Å²) < 4.78 is 47.4. The molecule has 1 rings (SSSR count). The molecule has 0 fully saturated rings. The minimum Gasteiger partial charge on any atom is -0.319 e. The van der Waals surface area contributed by atoms with E-state index < -0.39 is 23.5 Å². The van der Waals surface area contributed by atoms with Crippen LogP contribution in [-0.2, 0) is 19.5 Å². The van der Waals surface area contributed by atoms with Crippen molar-refractivity contribution in [2.24, 2.45) is 0 Å². The molecule has 0 saturated heterocycles. The van der Waals surface area contributed by atoms with Crippen LogP contribution in [0.4, 0.5) is 17.6 Å². The van der Waals surface area contributed by atoms with Crippen LogP contribution in [0.1, 0.15) is 62.3 Å². The van der Waals surface area contributed by atoms with Crippen molar-refractivity contribution in [3.05, 3.63) is 29.6 Å². The fourth-order valence-corrected chi connectivity index (χ4v) is 7.13. The van der Waals surface area contributed by atoms with Crippen molar-refractivity contribution in [1.82, 2.24) is 4.98 Å². The van der Waals surface area contributed by atoms with Crippen molar-refractivity contribution in [3.63, 3.8) is 0 Å². The van der Waals surface area contributed by atoms with Crippen molar-refractivity contribution in [2.75, 3.05) is 55.5 Å². The summed E-state index contributed by atoms with van der Waals surface area (Å²) in [6.07, 6.45) is 13.1. The van der Waals surface area contributed by atoms with Gasteiger partial charge in [-0.1, -0.05) is 6.07 Å². The van der Waals surface area contributed by atoms with E-state index in [2.05, 4.69) is 67.3 Å². The predicted molar refractivity (Wildman–Crippen MR) is 143 cm³/mol. The van der Waals surface area contributed by atoms with Gasteiger partial charge in [-0.2, -0.15) is 0 Å². The van der Waals surface area contributed by atoms with Crippen LogP contribution >= 0.6 is 23.8 Å². The number of halogens is 4. The molecule has 1 radical (unpaired) electrons. The Bertz CT molecular complexity index is 421. The summed E-state index contributed by atoms with van der Waals surface area (Å²) >= 11 is 0. The van der Waals surface area contributed by atoms with Gasteiger partial charge in [-0.25, -0.2) is 8.78 Å². The maximum Gasteiger partial charge on any atom is 0.133 e. The molecule has 0 amide bonds. The minimum absolute atomic E-state index is 0. The SMILES string of the molecule is CC[PH+](CC)CC.CC[PH+](CC)CC.CC[PH+](CC)CC.Fc1[c-]c(F)c(F)nc1F.[Rh]. The largest absolute Gasteiger partial charge is 0.319 e. The third-order valence-corrected chi connectivity index (χ3v) is 14.3. The third kappa shape index (κ3) is 22.6. The third-order valence-electron chi connectivity index (χ3n) is 5.28. The van der Waals surface area contributed by atoms with Crippen LogP contribution in [-0.4, -0.2) is 60.4 Å². The van der Waals surface area contributed by atoms with Crippen molar-refractivity contribution in [1.29, 1.82) is 0 Å². The van der Waals surface area contributed by atoms with E-state index >= 15 is 0 Å². The Morgan fingerprint density at radius 2 is 0.688 bits per heavy atom. The van der Waals surface area contributed by atoms with Gasteiger partial charge < -0.3 is 4.98 Å². The number of hydrogen-bond acceptors (Lipinski definition) is 1. The Labute approximate surface area is 212 Å². The summed E-state index contributed by atoms with van der Waals surface area (Å²) in [7, 11) is 0.412. The number of pyridine rings is 1. The maximum absolute atomic E-state index is 11.9. The molecule has 195 valence electrons. The molecule has 1 nitrogen and oxygen atoms in total. The van der Waals surface area contributed by atoms with Gasteiger partial charge in [0, 0.05) is 19.5 Å². The molecular formula is C23H48F4NP3Rh+2. The van der Waals surface area contributed by atoms with Crippen molar-refractivity contribution >= 4 is 23.8 Å². The molecule has 0 bridgehead atoms. The van der Waals surface area contributed by atoms with E-state index in [9.17, 15) is 17.6 Å². The summed E-state index contributed by atoms with van der Waals surface area (Å²) in [5, 5.41) is 0. The van der Waals surface area contributed by atoms with Crippen molar-refractivity contribution < 1.29 is 37.0 Å². The van der Waals surface area contributed by atoms with Crippen LogP contribution in [0, 0.1) is 29.6 Å². The van der Waals surface area contributed by atoms with E-state index in [-0.39, 0.29) is 43.2 Å². The minimum atomic E-state index is -1.70. The first-order chi connectivity index (χ1) is 14.6. The van der Waals surface area contributed by atoms with Crippen LogP contribution in [0.3, 0.4) is 0 Å². The Morgan fingerprint density at radius 3 is 0.781 bits per heavy atom. The summed E-state index contributed by atoms with van der Waals surface area (Å²) in [5.74, 6) is -6.64. The van der Waals surface area contributed by atoms with Crippen LogP contribution in [0.15, 0.2) is 0 Å². The average Bonchev–Trinajstić information content (AvgIpc) is 2.77. The van der Waals surface area contributed by atoms with E-state index in [4.69, 9.17) is 0 Å². The van der Waals surface area contributed by atoms with E-state index in [0.29, 0.717) is 0 Å². The van der Waals surface area contributed by atoms with E-state index in [1.165, 1.54) is 55.5 Å². The molecule has 1 heterocycles. The van der Waals surface area contributed by atoms with Gasteiger partial charge in [0.25, 0.3) is 0 Å². The monoisotopic (exact) mass is 610 g/mol.